The third-order valence-electron chi connectivity index (χ3n) is 3.47. The van der Waals surface area contributed by atoms with Crippen LogP contribution in [0.3, 0.4) is 0 Å². The average Bonchev–Trinajstić information content (AvgIpc) is 2.66. The van der Waals surface area contributed by atoms with Gasteiger partial charge in [0.15, 0.2) is 0 Å². The number of carbonyl (C=O) groups is 1. The Morgan fingerprint density at radius 1 is 1.20 bits per heavy atom. The zero-order valence-electron chi connectivity index (χ0n) is 9.24. The van der Waals surface area contributed by atoms with Crippen LogP contribution >= 0.6 is 0 Å². The lowest BCUT2D eigenvalue weighted by Gasteiger charge is -2.28. The molecule has 15 heavy (non-hydrogen) atoms. The quantitative estimate of drug-likeness (QED) is 0.704. The van der Waals surface area contributed by atoms with E-state index in [9.17, 15) is 4.79 Å². The third-order valence-corrected chi connectivity index (χ3v) is 3.47. The lowest BCUT2D eigenvalue weighted by Crippen LogP contribution is -2.47. The summed E-state index contributed by atoms with van der Waals surface area (Å²) in [6.07, 6.45) is 6.51. The lowest BCUT2D eigenvalue weighted by molar-refractivity contribution is -0.130. The summed E-state index contributed by atoms with van der Waals surface area (Å²) >= 11 is 0. The van der Waals surface area contributed by atoms with Gasteiger partial charge in [0.1, 0.15) is 0 Å². The first kappa shape index (κ1) is 10.9. The van der Waals surface area contributed by atoms with Gasteiger partial charge in [0.2, 0.25) is 5.91 Å². The van der Waals surface area contributed by atoms with Gasteiger partial charge < -0.3 is 5.73 Å². The first-order valence-electron chi connectivity index (χ1n) is 6.07. The van der Waals surface area contributed by atoms with Crippen molar-refractivity contribution in [3.63, 3.8) is 0 Å². The molecule has 3 N–H and O–H groups in total. The molecular weight excluding hydrogens is 190 g/mol. The Kier molecular flexibility index (Phi) is 3.59. The van der Waals surface area contributed by atoms with E-state index in [0.29, 0.717) is 0 Å². The second-order valence-electron chi connectivity index (χ2n) is 4.79. The molecule has 2 fully saturated rings. The fraction of sp³-hybridized carbons (Fsp3) is 0.909. The maximum absolute atomic E-state index is 11.9. The summed E-state index contributed by atoms with van der Waals surface area (Å²) in [5.41, 5.74) is 8.82. The molecule has 0 aromatic heterocycles. The number of rotatable bonds is 2. The van der Waals surface area contributed by atoms with E-state index in [2.05, 4.69) is 10.4 Å². The van der Waals surface area contributed by atoms with Crippen molar-refractivity contribution < 1.29 is 4.79 Å². The van der Waals surface area contributed by atoms with Crippen LogP contribution in [-0.4, -0.2) is 30.0 Å². The summed E-state index contributed by atoms with van der Waals surface area (Å²) in [5.74, 6) is 0.340. The normalized spacial score (nSPS) is 32.9. The first-order valence-corrected chi connectivity index (χ1v) is 6.07. The van der Waals surface area contributed by atoms with Gasteiger partial charge in [-0.1, -0.05) is 6.42 Å². The summed E-state index contributed by atoms with van der Waals surface area (Å²) in [7, 11) is 0. The van der Waals surface area contributed by atoms with Crippen LogP contribution in [0.15, 0.2) is 0 Å². The van der Waals surface area contributed by atoms with E-state index in [0.717, 1.165) is 32.4 Å². The number of hydrazine groups is 1. The smallest absolute Gasteiger partial charge is 0.237 e. The van der Waals surface area contributed by atoms with Crippen molar-refractivity contribution in [2.75, 3.05) is 13.1 Å². The molecule has 2 atom stereocenters. The number of amides is 1. The number of carbonyl (C=O) groups excluding carboxylic acids is 1. The van der Waals surface area contributed by atoms with E-state index in [1.165, 1.54) is 19.3 Å². The fourth-order valence-corrected chi connectivity index (χ4v) is 2.51. The molecule has 4 nitrogen and oxygen atoms in total. The molecule has 0 radical (unpaired) electrons. The van der Waals surface area contributed by atoms with Gasteiger partial charge in [0, 0.05) is 25.0 Å². The molecule has 0 aromatic carbocycles. The van der Waals surface area contributed by atoms with Crippen LogP contribution in [0.5, 0.6) is 0 Å². The summed E-state index contributed by atoms with van der Waals surface area (Å²) in [6, 6.07) is 0.238. The van der Waals surface area contributed by atoms with Crippen LogP contribution in [0.4, 0.5) is 0 Å². The summed E-state index contributed by atoms with van der Waals surface area (Å²) < 4.78 is 0. The highest BCUT2D eigenvalue weighted by molar-refractivity contribution is 5.78. The molecule has 1 aliphatic carbocycles. The SMILES string of the molecule is NC1CCC(C(=O)NN2CCCCC2)C1. The van der Waals surface area contributed by atoms with Crippen molar-refractivity contribution in [1.82, 2.24) is 10.4 Å². The summed E-state index contributed by atoms with van der Waals surface area (Å²) in [5, 5.41) is 2.07. The van der Waals surface area contributed by atoms with Gasteiger partial charge in [-0.2, -0.15) is 0 Å². The van der Waals surface area contributed by atoms with E-state index in [-0.39, 0.29) is 17.9 Å². The molecule has 4 heteroatoms. The van der Waals surface area contributed by atoms with Gasteiger partial charge in [0.25, 0.3) is 0 Å². The highest BCUT2D eigenvalue weighted by Gasteiger charge is 2.28. The lowest BCUT2D eigenvalue weighted by atomic mass is 10.1. The monoisotopic (exact) mass is 211 g/mol. The highest BCUT2D eigenvalue weighted by Crippen LogP contribution is 2.24. The van der Waals surface area contributed by atoms with Gasteiger partial charge >= 0.3 is 0 Å². The minimum absolute atomic E-state index is 0.155. The Balaban J connectivity index is 1.76. The maximum atomic E-state index is 11.9. The van der Waals surface area contributed by atoms with Crippen molar-refractivity contribution in [1.29, 1.82) is 0 Å². The first-order chi connectivity index (χ1) is 7.25. The molecule has 1 heterocycles. The zero-order chi connectivity index (χ0) is 10.7. The number of nitrogens with zero attached hydrogens (tertiary/aromatic N) is 1. The number of piperidine rings is 1. The molecule has 2 unspecified atom stereocenters. The molecule has 0 spiro atoms. The number of hydrogen-bond acceptors (Lipinski definition) is 3. The van der Waals surface area contributed by atoms with Crippen molar-refractivity contribution >= 4 is 5.91 Å². The van der Waals surface area contributed by atoms with Crippen molar-refractivity contribution in [3.8, 4) is 0 Å². The molecule has 1 saturated carbocycles. The van der Waals surface area contributed by atoms with E-state index in [1.807, 2.05) is 0 Å². The zero-order valence-corrected chi connectivity index (χ0v) is 9.24. The third kappa shape index (κ3) is 2.92. The standard InChI is InChI=1S/C11H21N3O/c12-10-5-4-9(8-10)11(15)13-14-6-2-1-3-7-14/h9-10H,1-8,12H2,(H,13,15). The van der Waals surface area contributed by atoms with Gasteiger partial charge in [-0.25, -0.2) is 5.01 Å². The number of nitrogens with one attached hydrogen (secondary N) is 1. The predicted molar refractivity (Wildman–Crippen MR) is 58.9 cm³/mol. The minimum atomic E-state index is 0.155. The number of nitrogens with two attached hydrogens (primary N) is 1. The predicted octanol–water partition coefficient (Wildman–Crippen LogP) is 0.631. The van der Waals surface area contributed by atoms with Crippen LogP contribution in [0, 0.1) is 5.92 Å². The fourth-order valence-electron chi connectivity index (χ4n) is 2.51. The molecule has 86 valence electrons. The van der Waals surface area contributed by atoms with E-state index < -0.39 is 0 Å². The Hall–Kier alpha value is -0.610. The van der Waals surface area contributed by atoms with Gasteiger partial charge in [-0.3, -0.25) is 10.2 Å². The van der Waals surface area contributed by atoms with Crippen LogP contribution in [0.2, 0.25) is 0 Å². The van der Waals surface area contributed by atoms with Crippen molar-refractivity contribution in [3.05, 3.63) is 0 Å². The van der Waals surface area contributed by atoms with Gasteiger partial charge in [0.05, 0.1) is 0 Å². The molecular formula is C11H21N3O. The largest absolute Gasteiger partial charge is 0.328 e. The van der Waals surface area contributed by atoms with Crippen LogP contribution in [-0.2, 0) is 4.79 Å². The van der Waals surface area contributed by atoms with E-state index in [4.69, 9.17) is 5.73 Å². The summed E-state index contributed by atoms with van der Waals surface area (Å²) in [4.78, 5) is 11.9. The maximum Gasteiger partial charge on any atom is 0.237 e. The van der Waals surface area contributed by atoms with Crippen LogP contribution in [0.1, 0.15) is 38.5 Å². The molecule has 0 aromatic rings. The van der Waals surface area contributed by atoms with Crippen molar-refractivity contribution in [2.45, 2.75) is 44.6 Å². The van der Waals surface area contributed by atoms with Gasteiger partial charge in [-0.15, -0.1) is 0 Å². The topological polar surface area (TPSA) is 58.4 Å². The average molecular weight is 211 g/mol. The number of hydrogen-bond donors (Lipinski definition) is 2. The second-order valence-corrected chi connectivity index (χ2v) is 4.79. The summed E-state index contributed by atoms with van der Waals surface area (Å²) in [6.45, 7) is 2.01. The van der Waals surface area contributed by atoms with E-state index >= 15 is 0 Å². The molecule has 1 amide bonds. The Morgan fingerprint density at radius 3 is 2.53 bits per heavy atom. The molecule has 2 aliphatic rings. The highest BCUT2D eigenvalue weighted by atomic mass is 16.2. The minimum Gasteiger partial charge on any atom is -0.328 e. The Morgan fingerprint density at radius 2 is 1.93 bits per heavy atom. The Labute approximate surface area is 91.2 Å². The van der Waals surface area contributed by atoms with Gasteiger partial charge in [-0.05, 0) is 32.1 Å². The van der Waals surface area contributed by atoms with E-state index in [1.54, 1.807) is 0 Å². The Bertz CT molecular complexity index is 226. The molecule has 1 aliphatic heterocycles. The second kappa shape index (κ2) is 4.94. The molecule has 2 rings (SSSR count). The van der Waals surface area contributed by atoms with Crippen LogP contribution in [0.25, 0.3) is 0 Å². The molecule has 0 bridgehead atoms. The van der Waals surface area contributed by atoms with Crippen molar-refractivity contribution in [2.24, 2.45) is 11.7 Å². The van der Waals surface area contributed by atoms with Crippen LogP contribution < -0.4 is 11.2 Å². The molecule has 1 saturated heterocycles.